The molecule has 2 aromatic heterocycles. The average molecular weight is 172 g/mol. The van der Waals surface area contributed by atoms with Crippen molar-refractivity contribution in [2.75, 3.05) is 0 Å². The maximum Gasteiger partial charge on any atom is 0.128 e. The number of hydrogen-bond acceptors (Lipinski definition) is 2. The molecule has 0 fully saturated rings. The van der Waals surface area contributed by atoms with E-state index >= 15 is 0 Å². The zero-order valence-electron chi connectivity index (χ0n) is 6.94. The van der Waals surface area contributed by atoms with Gasteiger partial charge < -0.3 is 4.98 Å². The molecule has 0 bridgehead atoms. The largest absolute Gasteiger partial charge is 0.361 e. The van der Waals surface area contributed by atoms with E-state index < -0.39 is 0 Å². The molecule has 0 aliphatic heterocycles. The van der Waals surface area contributed by atoms with Crippen molar-refractivity contribution in [1.82, 2.24) is 14.8 Å². The van der Waals surface area contributed by atoms with Crippen LogP contribution in [0.5, 0.6) is 0 Å². The monoisotopic (exact) mass is 172 g/mol. The van der Waals surface area contributed by atoms with Crippen molar-refractivity contribution in [1.29, 1.82) is 5.26 Å². The van der Waals surface area contributed by atoms with Crippen molar-refractivity contribution in [3.63, 3.8) is 0 Å². The van der Waals surface area contributed by atoms with Crippen LogP contribution in [0.1, 0.15) is 0 Å². The van der Waals surface area contributed by atoms with E-state index in [0.717, 1.165) is 11.3 Å². The first kappa shape index (κ1) is 7.62. The highest BCUT2D eigenvalue weighted by Crippen LogP contribution is 2.14. The molecule has 4 nitrogen and oxygen atoms in total. The lowest BCUT2D eigenvalue weighted by Crippen LogP contribution is -1.93. The van der Waals surface area contributed by atoms with Gasteiger partial charge in [-0.2, -0.15) is 10.4 Å². The molecular weight excluding hydrogens is 164 g/mol. The van der Waals surface area contributed by atoms with E-state index in [9.17, 15) is 0 Å². The van der Waals surface area contributed by atoms with Gasteiger partial charge in [-0.15, -0.1) is 0 Å². The Morgan fingerprint density at radius 1 is 1.62 bits per heavy atom. The Balaban J connectivity index is 2.29. The fraction of sp³-hybridized carbons (Fsp3) is 0.111. The molecule has 2 rings (SSSR count). The lowest BCUT2D eigenvalue weighted by molar-refractivity contribution is 0.710. The number of rotatable bonds is 2. The third kappa shape index (κ3) is 1.44. The summed E-state index contributed by atoms with van der Waals surface area (Å²) in [6, 6.07) is 5.93. The Labute approximate surface area is 75.4 Å². The lowest BCUT2D eigenvalue weighted by atomic mass is 10.3. The van der Waals surface area contributed by atoms with Gasteiger partial charge in [0.15, 0.2) is 0 Å². The number of H-pyrrole nitrogens is 1. The first-order valence-corrected chi connectivity index (χ1v) is 3.93. The maximum absolute atomic E-state index is 8.44. The molecule has 0 aliphatic carbocycles. The zero-order chi connectivity index (χ0) is 9.10. The summed E-state index contributed by atoms with van der Waals surface area (Å²) in [6.45, 7) is 0.292. The van der Waals surface area contributed by atoms with Gasteiger partial charge in [0.05, 0.1) is 12.3 Å². The SMILES string of the molecule is N#CCn1cc(-c2ccc[nH]2)cn1. The van der Waals surface area contributed by atoms with Crippen molar-refractivity contribution >= 4 is 0 Å². The Bertz CT molecular complexity index is 419. The van der Waals surface area contributed by atoms with E-state index in [4.69, 9.17) is 5.26 Å². The third-order valence-electron chi connectivity index (χ3n) is 1.77. The number of nitrogens with zero attached hydrogens (tertiary/aromatic N) is 3. The molecule has 4 heteroatoms. The van der Waals surface area contributed by atoms with Gasteiger partial charge in [-0.1, -0.05) is 0 Å². The number of hydrogen-bond donors (Lipinski definition) is 1. The topological polar surface area (TPSA) is 57.4 Å². The highest BCUT2D eigenvalue weighted by molar-refractivity contribution is 5.56. The van der Waals surface area contributed by atoms with Crippen molar-refractivity contribution in [3.05, 3.63) is 30.7 Å². The van der Waals surface area contributed by atoms with Crippen LogP contribution >= 0.6 is 0 Å². The van der Waals surface area contributed by atoms with E-state index in [1.54, 1.807) is 10.9 Å². The van der Waals surface area contributed by atoms with Crippen LogP contribution in [0.3, 0.4) is 0 Å². The summed E-state index contributed by atoms with van der Waals surface area (Å²) in [5.74, 6) is 0. The quantitative estimate of drug-likeness (QED) is 0.744. The summed E-state index contributed by atoms with van der Waals surface area (Å²) in [4.78, 5) is 3.07. The van der Waals surface area contributed by atoms with Crippen LogP contribution in [0.25, 0.3) is 11.3 Å². The summed E-state index contributed by atoms with van der Waals surface area (Å²) in [5.41, 5.74) is 2.02. The summed E-state index contributed by atoms with van der Waals surface area (Å²) < 4.78 is 1.61. The van der Waals surface area contributed by atoms with Crippen LogP contribution in [-0.4, -0.2) is 14.8 Å². The fourth-order valence-electron chi connectivity index (χ4n) is 1.17. The van der Waals surface area contributed by atoms with Crippen molar-refractivity contribution in [2.45, 2.75) is 6.54 Å². The van der Waals surface area contributed by atoms with Gasteiger partial charge in [0.2, 0.25) is 0 Å². The summed E-state index contributed by atoms with van der Waals surface area (Å²) >= 11 is 0. The van der Waals surface area contributed by atoms with Crippen LogP contribution in [0, 0.1) is 11.3 Å². The maximum atomic E-state index is 8.44. The minimum atomic E-state index is 0.292. The molecule has 2 aromatic rings. The van der Waals surface area contributed by atoms with Crippen LogP contribution in [-0.2, 0) is 6.54 Å². The van der Waals surface area contributed by atoms with Crippen LogP contribution in [0.4, 0.5) is 0 Å². The molecule has 0 radical (unpaired) electrons. The highest BCUT2D eigenvalue weighted by atomic mass is 15.3. The van der Waals surface area contributed by atoms with Crippen molar-refractivity contribution < 1.29 is 0 Å². The number of nitriles is 1. The normalized spacial score (nSPS) is 9.77. The molecule has 2 heterocycles. The lowest BCUT2D eigenvalue weighted by Gasteiger charge is -1.89. The molecule has 1 N–H and O–H groups in total. The molecule has 0 aliphatic rings. The summed E-state index contributed by atoms with van der Waals surface area (Å²) in [7, 11) is 0. The van der Waals surface area contributed by atoms with E-state index in [1.165, 1.54) is 0 Å². The molecule has 0 amide bonds. The number of aromatic amines is 1. The molecule has 0 aromatic carbocycles. The van der Waals surface area contributed by atoms with Crippen molar-refractivity contribution in [3.8, 4) is 17.3 Å². The Kier molecular flexibility index (Phi) is 1.85. The second kappa shape index (κ2) is 3.15. The molecule has 0 spiro atoms. The number of aromatic nitrogens is 3. The third-order valence-corrected chi connectivity index (χ3v) is 1.77. The second-order valence-corrected chi connectivity index (χ2v) is 2.67. The van der Waals surface area contributed by atoms with E-state index in [2.05, 4.69) is 10.1 Å². The predicted octanol–water partition coefficient (Wildman–Crippen LogP) is 1.40. The minimum Gasteiger partial charge on any atom is -0.361 e. The predicted molar refractivity (Wildman–Crippen MR) is 47.6 cm³/mol. The van der Waals surface area contributed by atoms with Crippen LogP contribution in [0.2, 0.25) is 0 Å². The highest BCUT2D eigenvalue weighted by Gasteiger charge is 2.00. The Morgan fingerprint density at radius 3 is 3.23 bits per heavy atom. The van der Waals surface area contributed by atoms with Gasteiger partial charge in [-0.3, -0.25) is 4.68 Å². The standard InChI is InChI=1S/C9H8N4/c10-3-5-13-7-8(6-12-13)9-2-1-4-11-9/h1-2,4,6-7,11H,5H2. The Morgan fingerprint density at radius 2 is 2.54 bits per heavy atom. The molecule has 0 saturated heterocycles. The zero-order valence-corrected chi connectivity index (χ0v) is 6.94. The van der Waals surface area contributed by atoms with E-state index in [-0.39, 0.29) is 0 Å². The fourth-order valence-corrected chi connectivity index (χ4v) is 1.17. The van der Waals surface area contributed by atoms with Gasteiger partial charge in [0.1, 0.15) is 6.54 Å². The number of nitrogens with one attached hydrogen (secondary N) is 1. The van der Waals surface area contributed by atoms with E-state index in [1.807, 2.05) is 30.6 Å². The van der Waals surface area contributed by atoms with Gasteiger partial charge in [0, 0.05) is 23.7 Å². The molecule has 0 saturated carbocycles. The molecular formula is C9H8N4. The molecule has 13 heavy (non-hydrogen) atoms. The summed E-state index contributed by atoms with van der Waals surface area (Å²) in [6.07, 6.45) is 5.44. The van der Waals surface area contributed by atoms with Crippen LogP contribution < -0.4 is 0 Å². The summed E-state index contributed by atoms with van der Waals surface area (Å²) in [5, 5.41) is 12.5. The molecule has 64 valence electrons. The first-order valence-electron chi connectivity index (χ1n) is 3.93. The average Bonchev–Trinajstić information content (AvgIpc) is 2.70. The van der Waals surface area contributed by atoms with E-state index in [0.29, 0.717) is 6.54 Å². The first-order chi connectivity index (χ1) is 6.40. The van der Waals surface area contributed by atoms with Gasteiger partial charge >= 0.3 is 0 Å². The van der Waals surface area contributed by atoms with Gasteiger partial charge in [-0.05, 0) is 12.1 Å². The van der Waals surface area contributed by atoms with Crippen LogP contribution in [0.15, 0.2) is 30.7 Å². The Hall–Kier alpha value is -2.02. The van der Waals surface area contributed by atoms with Gasteiger partial charge in [0.25, 0.3) is 0 Å². The second-order valence-electron chi connectivity index (χ2n) is 2.67. The minimum absolute atomic E-state index is 0.292. The smallest absolute Gasteiger partial charge is 0.128 e. The van der Waals surface area contributed by atoms with Crippen molar-refractivity contribution in [2.24, 2.45) is 0 Å². The molecule has 0 atom stereocenters. The molecule has 0 unspecified atom stereocenters. The van der Waals surface area contributed by atoms with Gasteiger partial charge in [-0.25, -0.2) is 0 Å².